The van der Waals surface area contributed by atoms with Gasteiger partial charge < -0.3 is 4.74 Å². The quantitative estimate of drug-likeness (QED) is 0.0968. The summed E-state index contributed by atoms with van der Waals surface area (Å²) < 4.78 is 6.29. The molecule has 0 radical (unpaired) electrons. The first-order valence-electron chi connectivity index (χ1n) is 13.7. The average Bonchev–Trinajstić information content (AvgIpc) is 3.47. The molecule has 1 aromatic rings. The molecule has 0 unspecified atom stereocenters. The second-order valence-corrected chi connectivity index (χ2v) is 12.1. The molecule has 4 nitrogen and oxygen atoms in total. The van der Waals surface area contributed by atoms with E-state index in [1.807, 2.05) is 13.8 Å². The molecule has 2 aliphatic rings. The molecule has 3 rings (SSSR count). The molecule has 2 bridgehead atoms. The van der Waals surface area contributed by atoms with Crippen molar-refractivity contribution in [3.8, 4) is 11.8 Å². The van der Waals surface area contributed by atoms with Crippen LogP contribution >= 0.6 is 11.8 Å². The molecule has 198 valence electrons. The van der Waals surface area contributed by atoms with Crippen LogP contribution in [0, 0.1) is 29.1 Å². The number of fused-ring (bicyclic) bond motifs is 2. The summed E-state index contributed by atoms with van der Waals surface area (Å²) in [7, 11) is 1.40. The first-order chi connectivity index (χ1) is 17.4. The number of carbonyl (C=O) groups excluding carboxylic acids is 1. The Morgan fingerprint density at radius 1 is 1.11 bits per heavy atom. The maximum atomic E-state index is 12.1. The van der Waals surface area contributed by atoms with Gasteiger partial charge in [-0.1, -0.05) is 56.3 Å². The lowest BCUT2D eigenvalue weighted by atomic mass is 9.78. The highest BCUT2D eigenvalue weighted by molar-refractivity contribution is 7.99. The van der Waals surface area contributed by atoms with Crippen LogP contribution < -0.4 is 0 Å². The van der Waals surface area contributed by atoms with E-state index < -0.39 is 5.41 Å². The zero-order valence-corrected chi connectivity index (χ0v) is 23.3. The molecule has 0 aliphatic carbocycles. The summed E-state index contributed by atoms with van der Waals surface area (Å²) in [4.78, 5) is 12.1. The standard InChI is InChI=1S/C31H45NO3S/c1-31(2,30(33)32(3)34)22-14-9-13-19-26-27(29-21-20-28(26)35-29)24-36-23-15-7-5-4-6-10-16-25-17-11-8-12-18-25/h8-9,11-13,17-18,26-29,34H,5,7,10,14-16,19-24H2,1-3H3/b13-9-/t26-,27+,28-,29+/m0/s1. The van der Waals surface area contributed by atoms with Gasteiger partial charge in [0.05, 0.1) is 12.2 Å². The summed E-state index contributed by atoms with van der Waals surface area (Å²) in [5.74, 6) is 10.2. The predicted octanol–water partition coefficient (Wildman–Crippen LogP) is 6.92. The van der Waals surface area contributed by atoms with Crippen LogP contribution in [0.1, 0.15) is 77.2 Å². The van der Waals surface area contributed by atoms with Crippen LogP contribution in [-0.2, 0) is 16.0 Å². The predicted molar refractivity (Wildman–Crippen MR) is 150 cm³/mol. The van der Waals surface area contributed by atoms with Crippen molar-refractivity contribution in [2.45, 2.75) is 90.3 Å². The fraction of sp³-hybridized carbons (Fsp3) is 0.645. The van der Waals surface area contributed by atoms with Crippen LogP contribution in [0.2, 0.25) is 0 Å². The number of rotatable bonds is 14. The number of hydrogen-bond acceptors (Lipinski definition) is 4. The van der Waals surface area contributed by atoms with Gasteiger partial charge in [0.15, 0.2) is 0 Å². The van der Waals surface area contributed by atoms with Crippen LogP contribution in [-0.4, -0.2) is 46.9 Å². The van der Waals surface area contributed by atoms with Crippen LogP contribution in [0.15, 0.2) is 42.5 Å². The molecular weight excluding hydrogens is 466 g/mol. The minimum atomic E-state index is -0.545. The van der Waals surface area contributed by atoms with Gasteiger partial charge in [0.1, 0.15) is 0 Å². The van der Waals surface area contributed by atoms with Crippen molar-refractivity contribution >= 4 is 17.7 Å². The van der Waals surface area contributed by atoms with Crippen molar-refractivity contribution in [2.75, 3.05) is 18.6 Å². The number of allylic oxidation sites excluding steroid dienone is 2. The van der Waals surface area contributed by atoms with Gasteiger partial charge in [-0.3, -0.25) is 10.0 Å². The van der Waals surface area contributed by atoms with Crippen LogP contribution in [0.3, 0.4) is 0 Å². The van der Waals surface area contributed by atoms with Gasteiger partial charge in [-0.2, -0.15) is 11.8 Å². The van der Waals surface area contributed by atoms with Crippen molar-refractivity contribution < 1.29 is 14.7 Å². The number of unbranched alkanes of at least 4 members (excludes halogenated alkanes) is 2. The normalized spacial score (nSPS) is 23.1. The number of thioether (sulfide) groups is 1. The molecule has 0 spiro atoms. The molecule has 4 atom stereocenters. The molecule has 36 heavy (non-hydrogen) atoms. The molecule has 2 aliphatic heterocycles. The fourth-order valence-corrected chi connectivity index (χ4v) is 6.76. The lowest BCUT2D eigenvalue weighted by Gasteiger charge is -2.27. The lowest BCUT2D eigenvalue weighted by Crippen LogP contribution is -2.36. The highest BCUT2D eigenvalue weighted by Crippen LogP contribution is 2.46. The number of amides is 1. The topological polar surface area (TPSA) is 49.8 Å². The van der Waals surface area contributed by atoms with Crippen LogP contribution in [0.5, 0.6) is 0 Å². The molecular formula is C31H45NO3S. The summed E-state index contributed by atoms with van der Waals surface area (Å²) in [5, 5.41) is 10.1. The highest BCUT2D eigenvalue weighted by atomic mass is 32.2. The number of benzene rings is 1. The maximum absolute atomic E-state index is 12.1. The minimum Gasteiger partial charge on any atom is -0.374 e. The van der Waals surface area contributed by atoms with E-state index in [4.69, 9.17) is 4.74 Å². The van der Waals surface area contributed by atoms with Gasteiger partial charge in [0.2, 0.25) is 0 Å². The van der Waals surface area contributed by atoms with Gasteiger partial charge >= 0.3 is 0 Å². The Labute approximate surface area is 223 Å². The van der Waals surface area contributed by atoms with Crippen molar-refractivity contribution in [1.29, 1.82) is 0 Å². The van der Waals surface area contributed by atoms with Gasteiger partial charge in [0, 0.05) is 25.3 Å². The smallest absolute Gasteiger partial charge is 0.251 e. The zero-order chi connectivity index (χ0) is 25.8. The fourth-order valence-electron chi connectivity index (χ4n) is 5.45. The van der Waals surface area contributed by atoms with Crippen molar-refractivity contribution in [2.24, 2.45) is 17.3 Å². The molecule has 2 fully saturated rings. The first kappa shape index (κ1) is 28.8. The lowest BCUT2D eigenvalue weighted by molar-refractivity contribution is -0.169. The van der Waals surface area contributed by atoms with E-state index in [9.17, 15) is 10.0 Å². The Morgan fingerprint density at radius 3 is 2.58 bits per heavy atom. The number of carbonyl (C=O) groups is 1. The molecule has 1 aromatic carbocycles. The van der Waals surface area contributed by atoms with E-state index in [1.54, 1.807) is 0 Å². The largest absolute Gasteiger partial charge is 0.374 e. The van der Waals surface area contributed by atoms with Crippen molar-refractivity contribution in [3.63, 3.8) is 0 Å². The number of hydroxylamine groups is 2. The van der Waals surface area contributed by atoms with E-state index in [0.717, 1.165) is 38.5 Å². The minimum absolute atomic E-state index is 0.232. The summed E-state index contributed by atoms with van der Waals surface area (Å²) in [6.45, 7) is 3.79. The number of nitrogens with zero attached hydrogens (tertiary/aromatic N) is 1. The van der Waals surface area contributed by atoms with Crippen molar-refractivity contribution in [3.05, 3.63) is 48.0 Å². The van der Waals surface area contributed by atoms with Crippen LogP contribution in [0.4, 0.5) is 0 Å². The van der Waals surface area contributed by atoms with E-state index >= 15 is 0 Å². The molecule has 1 N–H and O–H groups in total. The molecule has 5 heteroatoms. The molecule has 2 saturated heterocycles. The third kappa shape index (κ3) is 8.98. The molecule has 0 saturated carbocycles. The SMILES string of the molecule is CN(O)C(=O)C(C)(C)CC/C=C\C[C@H]1[C@@H](CSCCCCC#CCCc2ccccc2)[C@H]2CC[C@@H]1O2. The van der Waals surface area contributed by atoms with E-state index in [1.165, 1.54) is 49.8 Å². The Bertz CT molecular complexity index is 886. The van der Waals surface area contributed by atoms with E-state index in [0.29, 0.717) is 29.1 Å². The zero-order valence-electron chi connectivity index (χ0n) is 22.5. The van der Waals surface area contributed by atoms with Gasteiger partial charge in [-0.25, -0.2) is 5.06 Å². The number of hydrogen-bond donors (Lipinski definition) is 1. The maximum Gasteiger partial charge on any atom is 0.251 e. The Hall–Kier alpha value is -1.74. The Morgan fingerprint density at radius 2 is 1.83 bits per heavy atom. The van der Waals surface area contributed by atoms with Crippen molar-refractivity contribution in [1.82, 2.24) is 5.06 Å². The molecule has 0 aromatic heterocycles. The third-order valence-corrected chi connectivity index (χ3v) is 8.83. The molecule has 1 amide bonds. The van der Waals surface area contributed by atoms with E-state index in [2.05, 4.69) is 66.1 Å². The molecule has 2 heterocycles. The first-order valence-corrected chi connectivity index (χ1v) is 14.9. The summed E-state index contributed by atoms with van der Waals surface area (Å²) in [5.41, 5.74) is 0.823. The Kier molecular flexibility index (Phi) is 11.9. The second-order valence-electron chi connectivity index (χ2n) is 10.9. The third-order valence-electron chi connectivity index (χ3n) is 7.63. The second kappa shape index (κ2) is 14.9. The van der Waals surface area contributed by atoms with Gasteiger partial charge in [-0.15, -0.1) is 11.8 Å². The summed E-state index contributed by atoms with van der Waals surface area (Å²) in [6.07, 6.45) is 15.9. The monoisotopic (exact) mass is 511 g/mol. The van der Waals surface area contributed by atoms with Gasteiger partial charge in [0.25, 0.3) is 5.91 Å². The van der Waals surface area contributed by atoms with Crippen LogP contribution in [0.25, 0.3) is 0 Å². The van der Waals surface area contributed by atoms with Gasteiger partial charge in [-0.05, 0) is 80.3 Å². The Balaban J connectivity index is 1.28. The average molecular weight is 512 g/mol. The number of ether oxygens (including phenoxy) is 1. The highest BCUT2D eigenvalue weighted by Gasteiger charge is 2.47. The van der Waals surface area contributed by atoms with E-state index in [-0.39, 0.29) is 5.91 Å². The summed E-state index contributed by atoms with van der Waals surface area (Å²) >= 11 is 2.09. The number of aryl methyl sites for hydroxylation is 1. The summed E-state index contributed by atoms with van der Waals surface area (Å²) in [6, 6.07) is 10.6.